The Labute approximate surface area is 195 Å². The van der Waals surface area contributed by atoms with Crippen molar-refractivity contribution in [2.24, 2.45) is 0 Å². The summed E-state index contributed by atoms with van der Waals surface area (Å²) in [5.41, 5.74) is 2.53. The van der Waals surface area contributed by atoms with Crippen molar-refractivity contribution in [2.75, 3.05) is 7.11 Å². The van der Waals surface area contributed by atoms with E-state index in [1.54, 1.807) is 18.2 Å². The van der Waals surface area contributed by atoms with E-state index < -0.39 is 0 Å². The van der Waals surface area contributed by atoms with E-state index in [-0.39, 0.29) is 17.7 Å². The van der Waals surface area contributed by atoms with Gasteiger partial charge in [-0.15, -0.1) is 0 Å². The van der Waals surface area contributed by atoms with Crippen molar-refractivity contribution in [3.05, 3.63) is 99.4 Å². The third-order valence-corrected chi connectivity index (χ3v) is 6.02. The molecule has 0 unspecified atom stereocenters. The molecule has 4 rings (SSSR count). The quantitative estimate of drug-likeness (QED) is 0.391. The number of methoxy groups -OCH3 is 1. The van der Waals surface area contributed by atoms with Gasteiger partial charge < -0.3 is 9.47 Å². The van der Waals surface area contributed by atoms with Crippen molar-refractivity contribution in [3.63, 3.8) is 0 Å². The number of hydrogen-bond acceptors (Lipinski definition) is 5. The number of ether oxygens (including phenoxy) is 2. The second-order valence-corrected chi connectivity index (χ2v) is 8.46. The average Bonchev–Trinajstić information content (AvgIpc) is 3.06. The van der Waals surface area contributed by atoms with Crippen molar-refractivity contribution in [2.45, 2.75) is 13.2 Å². The Morgan fingerprint density at radius 3 is 2.28 bits per heavy atom. The minimum absolute atomic E-state index is 0.235. The molecule has 3 aromatic carbocycles. The number of carbonyl (C=O) groups is 2. The van der Waals surface area contributed by atoms with E-state index in [1.165, 1.54) is 12.0 Å². The molecule has 2 amide bonds. The zero-order valence-electron chi connectivity index (χ0n) is 17.3. The van der Waals surface area contributed by atoms with E-state index >= 15 is 0 Å². The number of nitrogens with zero attached hydrogens (tertiary/aromatic N) is 1. The van der Waals surface area contributed by atoms with Crippen molar-refractivity contribution >= 4 is 40.6 Å². The van der Waals surface area contributed by atoms with Crippen LogP contribution in [-0.2, 0) is 17.9 Å². The Kier molecular flexibility index (Phi) is 6.83. The Morgan fingerprint density at radius 1 is 0.969 bits per heavy atom. The van der Waals surface area contributed by atoms with Gasteiger partial charge in [-0.1, -0.05) is 72.3 Å². The fourth-order valence-corrected chi connectivity index (χ4v) is 4.36. The predicted molar refractivity (Wildman–Crippen MR) is 127 cm³/mol. The van der Waals surface area contributed by atoms with Crippen LogP contribution in [-0.4, -0.2) is 23.2 Å². The number of amides is 2. The van der Waals surface area contributed by atoms with Crippen molar-refractivity contribution in [3.8, 4) is 11.5 Å². The van der Waals surface area contributed by atoms with E-state index in [0.717, 1.165) is 22.9 Å². The van der Waals surface area contributed by atoms with Crippen LogP contribution in [0.4, 0.5) is 4.79 Å². The summed E-state index contributed by atoms with van der Waals surface area (Å²) in [6.07, 6.45) is 1.64. The van der Waals surface area contributed by atoms with Gasteiger partial charge in [0.2, 0.25) is 0 Å². The van der Waals surface area contributed by atoms with Crippen LogP contribution < -0.4 is 9.47 Å². The number of imide groups is 1. The molecule has 0 saturated carbocycles. The third kappa shape index (κ3) is 4.98. The van der Waals surface area contributed by atoms with Gasteiger partial charge in [-0.3, -0.25) is 14.5 Å². The largest absolute Gasteiger partial charge is 0.493 e. The van der Waals surface area contributed by atoms with Crippen LogP contribution in [0.2, 0.25) is 5.02 Å². The first kappa shape index (κ1) is 22.0. The van der Waals surface area contributed by atoms with Crippen LogP contribution in [0.25, 0.3) is 6.08 Å². The van der Waals surface area contributed by atoms with Crippen LogP contribution in [0.15, 0.2) is 77.7 Å². The summed E-state index contributed by atoms with van der Waals surface area (Å²) in [6, 6.07) is 22.6. The summed E-state index contributed by atoms with van der Waals surface area (Å²) >= 11 is 7.37. The molecule has 0 atom stereocenters. The van der Waals surface area contributed by atoms with E-state index in [9.17, 15) is 9.59 Å². The molecule has 0 N–H and O–H groups in total. The SMILES string of the molecule is COc1cc(/C=C2\SC(=O)N(Cc3ccccc3)C2=O)cc(Cl)c1OCc1ccccc1. The molecule has 1 saturated heterocycles. The van der Waals surface area contributed by atoms with E-state index in [1.807, 2.05) is 60.7 Å². The highest BCUT2D eigenvalue weighted by Crippen LogP contribution is 2.39. The molecule has 7 heteroatoms. The Morgan fingerprint density at radius 2 is 1.62 bits per heavy atom. The Hall–Kier alpha value is -3.22. The van der Waals surface area contributed by atoms with Gasteiger partial charge in [-0.05, 0) is 46.7 Å². The maximum Gasteiger partial charge on any atom is 0.293 e. The molecule has 0 radical (unpaired) electrons. The molecule has 32 heavy (non-hydrogen) atoms. The van der Waals surface area contributed by atoms with Gasteiger partial charge in [-0.2, -0.15) is 0 Å². The first-order valence-corrected chi connectivity index (χ1v) is 11.1. The summed E-state index contributed by atoms with van der Waals surface area (Å²) in [4.78, 5) is 26.8. The zero-order valence-corrected chi connectivity index (χ0v) is 18.9. The first-order valence-electron chi connectivity index (χ1n) is 9.88. The van der Waals surface area contributed by atoms with Crippen LogP contribution in [0.5, 0.6) is 11.5 Å². The molecule has 5 nitrogen and oxygen atoms in total. The first-order chi connectivity index (χ1) is 15.5. The molecule has 0 bridgehead atoms. The molecule has 1 fully saturated rings. The summed E-state index contributed by atoms with van der Waals surface area (Å²) in [5.74, 6) is 0.541. The molecule has 1 aliphatic heterocycles. The van der Waals surface area contributed by atoms with Crippen molar-refractivity contribution in [1.29, 1.82) is 0 Å². The third-order valence-electron chi connectivity index (χ3n) is 4.83. The van der Waals surface area contributed by atoms with Crippen LogP contribution in [0.1, 0.15) is 16.7 Å². The van der Waals surface area contributed by atoms with E-state index in [2.05, 4.69) is 0 Å². The molecule has 0 aliphatic carbocycles. The minimum atomic E-state index is -0.330. The number of rotatable bonds is 7. The molecule has 3 aromatic rings. The summed E-state index contributed by atoms with van der Waals surface area (Å²) in [7, 11) is 1.53. The number of thioether (sulfide) groups is 1. The lowest BCUT2D eigenvalue weighted by Gasteiger charge is -2.14. The topological polar surface area (TPSA) is 55.8 Å². The average molecular weight is 466 g/mol. The lowest BCUT2D eigenvalue weighted by Crippen LogP contribution is -2.27. The smallest absolute Gasteiger partial charge is 0.293 e. The lowest BCUT2D eigenvalue weighted by molar-refractivity contribution is -0.123. The maximum atomic E-state index is 12.8. The fourth-order valence-electron chi connectivity index (χ4n) is 3.25. The molecular formula is C25H20ClNO4S. The number of halogens is 1. The fraction of sp³-hybridized carbons (Fsp3) is 0.120. The second kappa shape index (κ2) is 9.94. The summed E-state index contributed by atoms with van der Waals surface area (Å²) < 4.78 is 11.3. The van der Waals surface area contributed by atoms with Crippen molar-refractivity contribution < 1.29 is 19.1 Å². The van der Waals surface area contributed by atoms with Gasteiger partial charge in [0.15, 0.2) is 11.5 Å². The van der Waals surface area contributed by atoms with Crippen LogP contribution in [0, 0.1) is 0 Å². The molecular weight excluding hydrogens is 446 g/mol. The Bertz CT molecular complexity index is 1170. The van der Waals surface area contributed by atoms with Gasteiger partial charge >= 0.3 is 0 Å². The highest BCUT2D eigenvalue weighted by molar-refractivity contribution is 8.18. The highest BCUT2D eigenvalue weighted by atomic mass is 35.5. The molecule has 0 spiro atoms. The van der Waals surface area contributed by atoms with Crippen LogP contribution in [0.3, 0.4) is 0 Å². The summed E-state index contributed by atoms with van der Waals surface area (Å²) in [5, 5.41) is 0.0565. The lowest BCUT2D eigenvalue weighted by atomic mass is 10.1. The van der Waals surface area contributed by atoms with Gasteiger partial charge in [0.05, 0.1) is 23.6 Å². The maximum absolute atomic E-state index is 12.8. The number of carbonyl (C=O) groups excluding carboxylic acids is 2. The number of hydrogen-bond donors (Lipinski definition) is 0. The summed E-state index contributed by atoms with van der Waals surface area (Å²) in [6.45, 7) is 0.577. The zero-order chi connectivity index (χ0) is 22.5. The second-order valence-electron chi connectivity index (χ2n) is 7.06. The predicted octanol–water partition coefficient (Wildman–Crippen LogP) is 6.16. The molecule has 162 valence electrons. The van der Waals surface area contributed by atoms with E-state index in [4.69, 9.17) is 21.1 Å². The van der Waals surface area contributed by atoms with E-state index in [0.29, 0.717) is 33.6 Å². The number of benzene rings is 3. The molecule has 1 heterocycles. The normalized spacial score (nSPS) is 14.8. The van der Waals surface area contributed by atoms with Crippen LogP contribution >= 0.6 is 23.4 Å². The van der Waals surface area contributed by atoms with Gasteiger partial charge in [0.1, 0.15) is 6.61 Å². The molecule has 1 aliphatic rings. The van der Waals surface area contributed by atoms with Gasteiger partial charge in [0.25, 0.3) is 11.1 Å². The molecule has 0 aromatic heterocycles. The highest BCUT2D eigenvalue weighted by Gasteiger charge is 2.35. The van der Waals surface area contributed by atoms with Gasteiger partial charge in [-0.25, -0.2) is 0 Å². The van der Waals surface area contributed by atoms with Gasteiger partial charge in [0, 0.05) is 0 Å². The monoisotopic (exact) mass is 465 g/mol. The minimum Gasteiger partial charge on any atom is -0.493 e. The Balaban J connectivity index is 1.54. The van der Waals surface area contributed by atoms with Crippen molar-refractivity contribution in [1.82, 2.24) is 4.90 Å². The standard InChI is InChI=1S/C25H20ClNO4S/c1-30-21-13-19(12-20(26)23(21)31-16-18-10-6-3-7-11-18)14-22-24(28)27(25(29)32-22)15-17-8-4-2-5-9-17/h2-14H,15-16H2,1H3/b22-14-.